The molecule has 16 heavy (non-hydrogen) atoms. The Kier molecular flexibility index (Phi) is 10.2. The summed E-state index contributed by atoms with van der Waals surface area (Å²) >= 11 is 0. The van der Waals surface area contributed by atoms with Crippen LogP contribution in [0.3, 0.4) is 0 Å². The summed E-state index contributed by atoms with van der Waals surface area (Å²) in [5.74, 6) is -0.0590. The molecular formula is C14H26O2. The van der Waals surface area contributed by atoms with Crippen LogP contribution in [0.15, 0.2) is 12.2 Å². The highest BCUT2D eigenvalue weighted by atomic mass is 16.5. The highest BCUT2D eigenvalue weighted by Crippen LogP contribution is 2.04. The molecule has 0 bridgehead atoms. The van der Waals surface area contributed by atoms with Crippen molar-refractivity contribution < 1.29 is 9.53 Å². The molecule has 0 rings (SSSR count). The Morgan fingerprint density at radius 1 is 1.19 bits per heavy atom. The van der Waals surface area contributed by atoms with Crippen molar-refractivity contribution in [2.24, 2.45) is 0 Å². The van der Waals surface area contributed by atoms with E-state index < -0.39 is 0 Å². The first-order chi connectivity index (χ1) is 7.70. The summed E-state index contributed by atoms with van der Waals surface area (Å²) in [6.07, 6.45) is 11.4. The molecule has 0 saturated carbocycles. The number of rotatable bonds is 9. The molecule has 0 aliphatic rings. The van der Waals surface area contributed by atoms with E-state index >= 15 is 0 Å². The van der Waals surface area contributed by atoms with Crippen LogP contribution in [-0.2, 0) is 9.53 Å². The van der Waals surface area contributed by atoms with Crippen LogP contribution in [0.4, 0.5) is 0 Å². The molecule has 0 aromatic carbocycles. The molecule has 1 atom stereocenters. The van der Waals surface area contributed by atoms with Gasteiger partial charge in [-0.15, -0.1) is 0 Å². The maximum Gasteiger partial charge on any atom is 0.306 e. The van der Waals surface area contributed by atoms with Crippen LogP contribution >= 0.6 is 0 Å². The number of hydrogen-bond donors (Lipinski definition) is 0. The van der Waals surface area contributed by atoms with Gasteiger partial charge in [0.1, 0.15) is 0 Å². The minimum Gasteiger partial charge on any atom is -0.463 e. The third-order valence-corrected chi connectivity index (χ3v) is 2.55. The largest absolute Gasteiger partial charge is 0.463 e. The van der Waals surface area contributed by atoms with Crippen molar-refractivity contribution >= 4 is 5.97 Å². The number of hydrogen-bond acceptors (Lipinski definition) is 2. The lowest BCUT2D eigenvalue weighted by molar-refractivity contribution is -0.148. The Bertz CT molecular complexity index is 197. The molecule has 0 radical (unpaired) electrons. The Balaban J connectivity index is 3.37. The zero-order valence-corrected chi connectivity index (χ0v) is 11.0. The number of unbranched alkanes of at least 4 members (excludes halogenated alkanes) is 3. The number of allylic oxidation sites excluding steroid dienone is 2. The molecular weight excluding hydrogens is 200 g/mol. The van der Waals surface area contributed by atoms with E-state index in [0.29, 0.717) is 6.42 Å². The van der Waals surface area contributed by atoms with Gasteiger partial charge in [0, 0.05) is 6.42 Å². The normalized spacial score (nSPS) is 12.9. The summed E-state index contributed by atoms with van der Waals surface area (Å²) in [4.78, 5) is 11.3. The van der Waals surface area contributed by atoms with Crippen LogP contribution in [0.2, 0.25) is 0 Å². The van der Waals surface area contributed by atoms with E-state index in [9.17, 15) is 4.79 Å². The first-order valence-electron chi connectivity index (χ1n) is 6.55. The summed E-state index contributed by atoms with van der Waals surface area (Å²) in [5, 5.41) is 0. The molecule has 0 aromatic rings. The molecule has 0 N–H and O–H groups in total. The van der Waals surface area contributed by atoms with Gasteiger partial charge in [0.05, 0.1) is 6.10 Å². The topological polar surface area (TPSA) is 26.3 Å². The average molecular weight is 226 g/mol. The van der Waals surface area contributed by atoms with Gasteiger partial charge in [0.2, 0.25) is 0 Å². The van der Waals surface area contributed by atoms with Crippen molar-refractivity contribution in [3.05, 3.63) is 12.2 Å². The second-order valence-corrected chi connectivity index (χ2v) is 4.21. The van der Waals surface area contributed by atoms with Crippen molar-refractivity contribution in [1.29, 1.82) is 0 Å². The smallest absolute Gasteiger partial charge is 0.306 e. The van der Waals surface area contributed by atoms with Crippen molar-refractivity contribution in [3.8, 4) is 0 Å². The fourth-order valence-corrected chi connectivity index (χ4v) is 1.29. The maximum absolute atomic E-state index is 11.3. The molecule has 0 amide bonds. The van der Waals surface area contributed by atoms with Gasteiger partial charge in [0.25, 0.3) is 0 Å². The summed E-state index contributed by atoms with van der Waals surface area (Å²) in [5.41, 5.74) is 0. The zero-order valence-electron chi connectivity index (χ0n) is 11.0. The summed E-state index contributed by atoms with van der Waals surface area (Å²) in [6.45, 7) is 6.15. The van der Waals surface area contributed by atoms with Crippen molar-refractivity contribution in [2.45, 2.75) is 71.8 Å². The van der Waals surface area contributed by atoms with Gasteiger partial charge in [0.15, 0.2) is 0 Å². The number of carbonyl (C=O) groups is 1. The van der Waals surface area contributed by atoms with Crippen LogP contribution in [-0.4, -0.2) is 12.1 Å². The van der Waals surface area contributed by atoms with E-state index in [0.717, 1.165) is 25.7 Å². The average Bonchev–Trinajstić information content (AvgIpc) is 2.27. The maximum atomic E-state index is 11.3. The molecule has 0 aliphatic carbocycles. The molecule has 0 saturated heterocycles. The molecule has 0 aromatic heterocycles. The second kappa shape index (κ2) is 10.7. The number of ether oxygens (including phenoxy) is 1. The van der Waals surface area contributed by atoms with Gasteiger partial charge in [-0.05, 0) is 32.6 Å². The predicted molar refractivity (Wildman–Crippen MR) is 68.4 cm³/mol. The Labute approximate surface area is 100 Å². The van der Waals surface area contributed by atoms with Crippen LogP contribution in [0, 0.1) is 0 Å². The van der Waals surface area contributed by atoms with Gasteiger partial charge in [-0.2, -0.15) is 0 Å². The van der Waals surface area contributed by atoms with Crippen LogP contribution in [0.1, 0.15) is 65.7 Å². The standard InChI is InChI=1S/C14H26O2/c1-4-6-7-8-9-10-11-12-14(15)16-13(3)5-2/h8-9,13H,4-7,10-12H2,1-3H3/b9-8-. The van der Waals surface area contributed by atoms with E-state index in [4.69, 9.17) is 4.74 Å². The fraction of sp³-hybridized carbons (Fsp3) is 0.786. The fourth-order valence-electron chi connectivity index (χ4n) is 1.29. The third kappa shape index (κ3) is 9.75. The lowest BCUT2D eigenvalue weighted by Crippen LogP contribution is -2.13. The first kappa shape index (κ1) is 15.2. The van der Waals surface area contributed by atoms with E-state index in [1.165, 1.54) is 12.8 Å². The number of carbonyl (C=O) groups excluding carboxylic acids is 1. The highest BCUT2D eigenvalue weighted by Gasteiger charge is 2.05. The lowest BCUT2D eigenvalue weighted by Gasteiger charge is -2.09. The van der Waals surface area contributed by atoms with Crippen molar-refractivity contribution in [3.63, 3.8) is 0 Å². The third-order valence-electron chi connectivity index (χ3n) is 2.55. The highest BCUT2D eigenvalue weighted by molar-refractivity contribution is 5.69. The predicted octanol–water partition coefficient (Wildman–Crippen LogP) is 4.24. The SMILES string of the molecule is CCCC/C=C\CCCC(=O)OC(C)CC. The van der Waals surface area contributed by atoms with E-state index in [1.54, 1.807) is 0 Å². The van der Waals surface area contributed by atoms with Crippen LogP contribution in [0.25, 0.3) is 0 Å². The van der Waals surface area contributed by atoms with Gasteiger partial charge < -0.3 is 4.74 Å². The van der Waals surface area contributed by atoms with Gasteiger partial charge in [-0.1, -0.05) is 38.8 Å². The van der Waals surface area contributed by atoms with Gasteiger partial charge in [-0.3, -0.25) is 4.79 Å². The van der Waals surface area contributed by atoms with Crippen molar-refractivity contribution in [2.75, 3.05) is 0 Å². The Morgan fingerprint density at radius 2 is 1.81 bits per heavy atom. The quantitative estimate of drug-likeness (QED) is 0.334. The summed E-state index contributed by atoms with van der Waals surface area (Å²) < 4.78 is 5.18. The molecule has 0 heterocycles. The zero-order chi connectivity index (χ0) is 12.2. The van der Waals surface area contributed by atoms with Gasteiger partial charge >= 0.3 is 5.97 Å². The van der Waals surface area contributed by atoms with E-state index in [1.807, 2.05) is 13.8 Å². The van der Waals surface area contributed by atoms with Crippen LogP contribution in [0.5, 0.6) is 0 Å². The lowest BCUT2D eigenvalue weighted by atomic mass is 10.2. The van der Waals surface area contributed by atoms with Gasteiger partial charge in [-0.25, -0.2) is 0 Å². The Morgan fingerprint density at radius 3 is 2.38 bits per heavy atom. The summed E-state index contributed by atoms with van der Waals surface area (Å²) in [7, 11) is 0. The molecule has 1 unspecified atom stereocenters. The molecule has 94 valence electrons. The molecule has 2 heteroatoms. The van der Waals surface area contributed by atoms with E-state index in [2.05, 4.69) is 19.1 Å². The molecule has 0 spiro atoms. The summed E-state index contributed by atoms with van der Waals surface area (Å²) in [6, 6.07) is 0. The first-order valence-corrected chi connectivity index (χ1v) is 6.55. The Hall–Kier alpha value is -0.790. The minimum atomic E-state index is -0.0590. The van der Waals surface area contributed by atoms with Crippen molar-refractivity contribution in [1.82, 2.24) is 0 Å². The second-order valence-electron chi connectivity index (χ2n) is 4.21. The monoisotopic (exact) mass is 226 g/mol. The molecule has 0 aliphatic heterocycles. The molecule has 0 fully saturated rings. The molecule has 2 nitrogen and oxygen atoms in total. The van der Waals surface area contributed by atoms with Crippen LogP contribution < -0.4 is 0 Å². The minimum absolute atomic E-state index is 0.0590. The number of esters is 1. The van der Waals surface area contributed by atoms with E-state index in [-0.39, 0.29) is 12.1 Å².